The van der Waals surface area contributed by atoms with E-state index in [9.17, 15) is 0 Å². The number of furan rings is 1. The Morgan fingerprint density at radius 2 is 2.15 bits per heavy atom. The van der Waals surface area contributed by atoms with Crippen LogP contribution in [0.25, 0.3) is 0 Å². The van der Waals surface area contributed by atoms with E-state index in [1.165, 1.54) is 0 Å². The first-order valence-corrected chi connectivity index (χ1v) is 6.99. The molecule has 6 heteroatoms. The van der Waals surface area contributed by atoms with E-state index in [1.807, 2.05) is 33.8 Å². The van der Waals surface area contributed by atoms with E-state index in [0.717, 1.165) is 23.6 Å². The summed E-state index contributed by atoms with van der Waals surface area (Å²) in [7, 11) is 0. The Kier molecular flexibility index (Phi) is 4.49. The van der Waals surface area contributed by atoms with Crippen molar-refractivity contribution in [2.75, 3.05) is 17.2 Å². The van der Waals surface area contributed by atoms with Gasteiger partial charge in [0.15, 0.2) is 5.82 Å². The molecule has 1 atom stereocenters. The molecule has 0 aliphatic rings. The van der Waals surface area contributed by atoms with Crippen LogP contribution in [-0.2, 0) is 0 Å². The van der Waals surface area contributed by atoms with Crippen LogP contribution >= 0.6 is 11.6 Å². The molecule has 0 saturated heterocycles. The number of anilines is 2. The summed E-state index contributed by atoms with van der Waals surface area (Å²) < 4.78 is 5.55. The van der Waals surface area contributed by atoms with Crippen molar-refractivity contribution >= 4 is 23.4 Å². The molecule has 108 valence electrons. The highest BCUT2D eigenvalue weighted by Crippen LogP contribution is 2.27. The van der Waals surface area contributed by atoms with Crippen LogP contribution in [0.4, 0.5) is 11.8 Å². The second kappa shape index (κ2) is 6.13. The number of rotatable bonds is 5. The van der Waals surface area contributed by atoms with E-state index >= 15 is 0 Å². The quantitative estimate of drug-likeness (QED) is 0.874. The highest BCUT2D eigenvalue weighted by molar-refractivity contribution is 6.32. The van der Waals surface area contributed by atoms with Crippen molar-refractivity contribution in [2.24, 2.45) is 0 Å². The highest BCUT2D eigenvalue weighted by Gasteiger charge is 2.15. The van der Waals surface area contributed by atoms with Gasteiger partial charge in [-0.05, 0) is 33.8 Å². The molecule has 0 bridgehead atoms. The van der Waals surface area contributed by atoms with Gasteiger partial charge in [0.05, 0.1) is 12.2 Å². The summed E-state index contributed by atoms with van der Waals surface area (Å²) in [4.78, 5) is 8.49. The number of hydrogen-bond donors (Lipinski definition) is 2. The van der Waals surface area contributed by atoms with Crippen LogP contribution in [0.3, 0.4) is 0 Å². The maximum Gasteiger partial charge on any atom is 0.224 e. The van der Waals surface area contributed by atoms with Crippen LogP contribution in [0.1, 0.15) is 37.0 Å². The van der Waals surface area contributed by atoms with Gasteiger partial charge in [-0.25, -0.2) is 4.98 Å². The second-order valence-electron chi connectivity index (χ2n) is 4.66. The zero-order valence-corrected chi connectivity index (χ0v) is 12.9. The molecule has 2 aromatic rings. The number of nitrogens with zero attached hydrogens (tertiary/aromatic N) is 2. The molecular weight excluding hydrogens is 276 g/mol. The largest absolute Gasteiger partial charge is 0.466 e. The summed E-state index contributed by atoms with van der Waals surface area (Å²) in [6.45, 7) is 8.68. The van der Waals surface area contributed by atoms with Gasteiger partial charge in [0.1, 0.15) is 16.5 Å². The monoisotopic (exact) mass is 294 g/mol. The van der Waals surface area contributed by atoms with Gasteiger partial charge < -0.3 is 15.1 Å². The fourth-order valence-electron chi connectivity index (χ4n) is 2.07. The predicted molar refractivity (Wildman–Crippen MR) is 81.4 cm³/mol. The van der Waals surface area contributed by atoms with Gasteiger partial charge in [-0.2, -0.15) is 4.98 Å². The van der Waals surface area contributed by atoms with Crippen LogP contribution in [0.2, 0.25) is 5.02 Å². The molecule has 2 rings (SSSR count). The molecule has 2 N–H and O–H groups in total. The molecule has 0 aromatic carbocycles. The van der Waals surface area contributed by atoms with Gasteiger partial charge in [0.2, 0.25) is 5.95 Å². The maximum atomic E-state index is 6.13. The molecule has 20 heavy (non-hydrogen) atoms. The SMILES string of the molecule is CCNc1ncc(Cl)c(NC(C)c2cc(C)oc2C)n1. The zero-order chi connectivity index (χ0) is 14.7. The lowest BCUT2D eigenvalue weighted by molar-refractivity contribution is 0.500. The van der Waals surface area contributed by atoms with E-state index < -0.39 is 0 Å². The molecule has 2 heterocycles. The van der Waals surface area contributed by atoms with Gasteiger partial charge in [0.25, 0.3) is 0 Å². The molecule has 0 aliphatic carbocycles. The van der Waals surface area contributed by atoms with Gasteiger partial charge in [0, 0.05) is 12.1 Å². The number of aryl methyl sites for hydroxylation is 2. The Morgan fingerprint density at radius 1 is 1.40 bits per heavy atom. The fraction of sp³-hybridized carbons (Fsp3) is 0.429. The van der Waals surface area contributed by atoms with Crippen LogP contribution in [0.15, 0.2) is 16.7 Å². The lowest BCUT2D eigenvalue weighted by Gasteiger charge is -2.15. The van der Waals surface area contributed by atoms with Crippen LogP contribution in [0.5, 0.6) is 0 Å². The highest BCUT2D eigenvalue weighted by atomic mass is 35.5. The van der Waals surface area contributed by atoms with Crippen LogP contribution in [0, 0.1) is 13.8 Å². The van der Waals surface area contributed by atoms with Crippen LogP contribution in [-0.4, -0.2) is 16.5 Å². The molecule has 0 radical (unpaired) electrons. The van der Waals surface area contributed by atoms with E-state index in [1.54, 1.807) is 6.20 Å². The van der Waals surface area contributed by atoms with Gasteiger partial charge in [-0.3, -0.25) is 0 Å². The summed E-state index contributed by atoms with van der Waals surface area (Å²) in [5.74, 6) is 2.97. The average molecular weight is 295 g/mol. The summed E-state index contributed by atoms with van der Waals surface area (Å²) >= 11 is 6.13. The van der Waals surface area contributed by atoms with Crippen molar-refractivity contribution in [1.82, 2.24) is 9.97 Å². The van der Waals surface area contributed by atoms with Gasteiger partial charge in [-0.1, -0.05) is 11.6 Å². The Morgan fingerprint density at radius 3 is 2.75 bits per heavy atom. The third-order valence-electron chi connectivity index (χ3n) is 2.98. The van der Waals surface area contributed by atoms with E-state index in [4.69, 9.17) is 16.0 Å². The number of aromatic nitrogens is 2. The minimum atomic E-state index is 0.0503. The lowest BCUT2D eigenvalue weighted by atomic mass is 10.1. The van der Waals surface area contributed by atoms with Crippen molar-refractivity contribution in [2.45, 2.75) is 33.7 Å². The normalized spacial score (nSPS) is 12.2. The Bertz CT molecular complexity index is 597. The first-order chi connectivity index (χ1) is 9.51. The van der Waals surface area contributed by atoms with Gasteiger partial charge >= 0.3 is 0 Å². The topological polar surface area (TPSA) is 63.0 Å². The molecule has 2 aromatic heterocycles. The average Bonchev–Trinajstić information content (AvgIpc) is 2.73. The molecular formula is C14H19ClN4O. The molecule has 0 fully saturated rings. The molecule has 0 amide bonds. The number of hydrogen-bond acceptors (Lipinski definition) is 5. The first-order valence-electron chi connectivity index (χ1n) is 6.61. The van der Waals surface area contributed by atoms with E-state index in [-0.39, 0.29) is 6.04 Å². The van der Waals surface area contributed by atoms with Crippen LogP contribution < -0.4 is 10.6 Å². The van der Waals surface area contributed by atoms with E-state index in [2.05, 4.69) is 20.6 Å². The fourth-order valence-corrected chi connectivity index (χ4v) is 2.22. The molecule has 5 nitrogen and oxygen atoms in total. The van der Waals surface area contributed by atoms with Crippen molar-refractivity contribution in [3.05, 3.63) is 34.4 Å². The smallest absolute Gasteiger partial charge is 0.224 e. The van der Waals surface area contributed by atoms with Crippen molar-refractivity contribution < 1.29 is 4.42 Å². The summed E-state index contributed by atoms with van der Waals surface area (Å²) in [6, 6.07) is 2.07. The third-order valence-corrected chi connectivity index (χ3v) is 3.25. The van der Waals surface area contributed by atoms with Crippen molar-refractivity contribution in [1.29, 1.82) is 0 Å². The summed E-state index contributed by atoms with van der Waals surface area (Å²) in [6.07, 6.45) is 1.59. The van der Waals surface area contributed by atoms with Gasteiger partial charge in [-0.15, -0.1) is 0 Å². The number of halogens is 1. The predicted octanol–water partition coefficient (Wildman–Crippen LogP) is 3.94. The standard InChI is InChI=1S/C14H19ClN4O/c1-5-16-14-17-7-12(15)13(19-14)18-9(3)11-6-8(2)20-10(11)4/h6-7,9H,5H2,1-4H3,(H2,16,17,18,19). The first kappa shape index (κ1) is 14.7. The third kappa shape index (κ3) is 3.22. The molecule has 0 spiro atoms. The lowest BCUT2D eigenvalue weighted by Crippen LogP contribution is -2.11. The van der Waals surface area contributed by atoms with E-state index in [0.29, 0.717) is 16.8 Å². The Labute approximate surface area is 123 Å². The zero-order valence-electron chi connectivity index (χ0n) is 12.1. The molecule has 0 aliphatic heterocycles. The molecule has 0 saturated carbocycles. The minimum Gasteiger partial charge on any atom is -0.466 e. The van der Waals surface area contributed by atoms with Crippen molar-refractivity contribution in [3.63, 3.8) is 0 Å². The second-order valence-corrected chi connectivity index (χ2v) is 5.06. The summed E-state index contributed by atoms with van der Waals surface area (Å²) in [5, 5.41) is 6.86. The maximum absolute atomic E-state index is 6.13. The summed E-state index contributed by atoms with van der Waals surface area (Å²) in [5.41, 5.74) is 1.10. The minimum absolute atomic E-state index is 0.0503. The number of nitrogens with one attached hydrogen (secondary N) is 2. The Balaban J connectivity index is 2.20. The molecule has 1 unspecified atom stereocenters. The Hall–Kier alpha value is -1.75. The van der Waals surface area contributed by atoms with Crippen molar-refractivity contribution in [3.8, 4) is 0 Å².